The Kier molecular flexibility index (Phi) is 3.17. The minimum absolute atomic E-state index is 0.575. The molecular formula is C9H17N3. The Labute approximate surface area is 73.9 Å². The van der Waals surface area contributed by atoms with Crippen molar-refractivity contribution < 1.29 is 0 Å². The molecule has 0 saturated carbocycles. The van der Waals surface area contributed by atoms with Crippen molar-refractivity contribution in [2.24, 2.45) is 5.92 Å². The van der Waals surface area contributed by atoms with E-state index in [1.54, 1.807) is 0 Å². The minimum atomic E-state index is 0.575. The summed E-state index contributed by atoms with van der Waals surface area (Å²) in [5.74, 6) is 0.575. The van der Waals surface area contributed by atoms with Gasteiger partial charge in [0.25, 0.3) is 0 Å². The van der Waals surface area contributed by atoms with E-state index in [4.69, 9.17) is 0 Å². The highest BCUT2D eigenvalue weighted by Crippen LogP contribution is 2.13. The average molecular weight is 167 g/mol. The van der Waals surface area contributed by atoms with Crippen molar-refractivity contribution in [2.45, 2.75) is 13.8 Å². The molecule has 1 rings (SSSR count). The molecule has 1 aliphatic rings. The predicted octanol–water partition coefficient (Wildman–Crippen LogP) is 0.737. The molecule has 0 fully saturated rings. The fourth-order valence-electron chi connectivity index (χ4n) is 1.11. The van der Waals surface area contributed by atoms with E-state index in [2.05, 4.69) is 36.1 Å². The summed E-state index contributed by atoms with van der Waals surface area (Å²) in [5, 5.41) is 3.10. The Balaban J connectivity index is 2.61. The molecule has 0 amide bonds. The molecule has 68 valence electrons. The third-order valence-electron chi connectivity index (χ3n) is 1.85. The van der Waals surface area contributed by atoms with Crippen molar-refractivity contribution in [3.63, 3.8) is 0 Å². The summed E-state index contributed by atoms with van der Waals surface area (Å²) < 4.78 is 0. The van der Waals surface area contributed by atoms with E-state index in [-0.39, 0.29) is 0 Å². The van der Waals surface area contributed by atoms with E-state index in [1.165, 1.54) is 11.3 Å². The van der Waals surface area contributed by atoms with Crippen molar-refractivity contribution in [1.82, 2.24) is 16.2 Å². The fraction of sp³-hybridized carbons (Fsp3) is 0.556. The van der Waals surface area contributed by atoms with Crippen LogP contribution in [0.25, 0.3) is 0 Å². The van der Waals surface area contributed by atoms with Gasteiger partial charge in [0, 0.05) is 18.4 Å². The van der Waals surface area contributed by atoms with E-state index < -0.39 is 0 Å². The molecule has 0 radical (unpaired) electrons. The third-order valence-corrected chi connectivity index (χ3v) is 1.85. The molecule has 3 heteroatoms. The first-order valence-electron chi connectivity index (χ1n) is 4.31. The zero-order valence-corrected chi connectivity index (χ0v) is 7.94. The summed E-state index contributed by atoms with van der Waals surface area (Å²) >= 11 is 0. The van der Waals surface area contributed by atoms with Crippen LogP contribution in [-0.4, -0.2) is 13.6 Å². The maximum atomic E-state index is 3.10. The molecular weight excluding hydrogens is 150 g/mol. The molecule has 3 nitrogen and oxygen atoms in total. The average Bonchev–Trinajstić information content (AvgIpc) is 2.05. The van der Waals surface area contributed by atoms with Gasteiger partial charge in [-0.25, -0.2) is 0 Å². The van der Waals surface area contributed by atoms with Gasteiger partial charge in [0.2, 0.25) is 0 Å². The Bertz CT molecular complexity index is 204. The highest BCUT2D eigenvalue weighted by Gasteiger charge is 2.05. The molecule has 0 aromatic carbocycles. The smallest absolute Gasteiger partial charge is 0.0455 e. The van der Waals surface area contributed by atoms with Crippen LogP contribution >= 0.6 is 0 Å². The fourth-order valence-corrected chi connectivity index (χ4v) is 1.11. The SMILES string of the molecule is CNCC1=CC(C(C)C)=CNN1. The van der Waals surface area contributed by atoms with Gasteiger partial charge in [0.1, 0.15) is 0 Å². The standard InChI is InChI=1S/C9H17N3/c1-7(2)8-4-9(6-10-3)12-11-5-8/h4-5,7,10-12H,6H2,1-3H3. The number of allylic oxidation sites excluding steroid dienone is 2. The van der Waals surface area contributed by atoms with Crippen molar-refractivity contribution >= 4 is 0 Å². The number of hydrogen-bond acceptors (Lipinski definition) is 3. The Hall–Kier alpha value is -0.960. The van der Waals surface area contributed by atoms with E-state index in [0.29, 0.717) is 5.92 Å². The van der Waals surface area contributed by atoms with E-state index >= 15 is 0 Å². The highest BCUT2D eigenvalue weighted by atomic mass is 15.4. The molecule has 0 unspecified atom stereocenters. The van der Waals surface area contributed by atoms with Crippen LogP contribution in [0.2, 0.25) is 0 Å². The van der Waals surface area contributed by atoms with Gasteiger partial charge in [-0.2, -0.15) is 0 Å². The quantitative estimate of drug-likeness (QED) is 0.580. The molecule has 0 aromatic rings. The lowest BCUT2D eigenvalue weighted by atomic mass is 10.0. The second kappa shape index (κ2) is 4.16. The van der Waals surface area contributed by atoms with Crippen molar-refractivity contribution in [3.05, 3.63) is 23.5 Å². The van der Waals surface area contributed by atoms with E-state index in [0.717, 1.165) is 6.54 Å². The van der Waals surface area contributed by atoms with Gasteiger partial charge >= 0.3 is 0 Å². The maximum Gasteiger partial charge on any atom is 0.0455 e. The maximum absolute atomic E-state index is 3.10. The zero-order valence-electron chi connectivity index (χ0n) is 7.94. The topological polar surface area (TPSA) is 36.1 Å². The summed E-state index contributed by atoms with van der Waals surface area (Å²) in [6.45, 7) is 5.25. The first-order chi connectivity index (χ1) is 5.74. The number of hydrogen-bond donors (Lipinski definition) is 3. The molecule has 0 bridgehead atoms. The number of nitrogens with one attached hydrogen (secondary N) is 3. The second-order valence-corrected chi connectivity index (χ2v) is 3.27. The van der Waals surface area contributed by atoms with Gasteiger partial charge in [-0.3, -0.25) is 0 Å². The molecule has 0 aliphatic carbocycles. The summed E-state index contributed by atoms with van der Waals surface area (Å²) in [6.07, 6.45) is 4.18. The Morgan fingerprint density at radius 2 is 2.25 bits per heavy atom. The van der Waals surface area contributed by atoms with Gasteiger partial charge in [0.05, 0.1) is 0 Å². The van der Waals surface area contributed by atoms with Crippen LogP contribution in [0.4, 0.5) is 0 Å². The van der Waals surface area contributed by atoms with Crippen LogP contribution in [0.15, 0.2) is 23.5 Å². The van der Waals surface area contributed by atoms with Gasteiger partial charge in [-0.15, -0.1) is 0 Å². The lowest BCUT2D eigenvalue weighted by Gasteiger charge is -2.19. The molecule has 1 aliphatic heterocycles. The van der Waals surface area contributed by atoms with Crippen LogP contribution in [0.1, 0.15) is 13.8 Å². The molecule has 3 N–H and O–H groups in total. The highest BCUT2D eigenvalue weighted by molar-refractivity contribution is 5.27. The monoisotopic (exact) mass is 167 g/mol. The summed E-state index contributed by atoms with van der Waals surface area (Å²) in [5.41, 5.74) is 8.62. The zero-order chi connectivity index (χ0) is 8.97. The number of rotatable bonds is 3. The summed E-state index contributed by atoms with van der Waals surface area (Å²) in [7, 11) is 1.94. The van der Waals surface area contributed by atoms with Crippen LogP contribution < -0.4 is 16.2 Å². The largest absolute Gasteiger partial charge is 0.314 e. The van der Waals surface area contributed by atoms with Crippen LogP contribution in [0.5, 0.6) is 0 Å². The lowest BCUT2D eigenvalue weighted by molar-refractivity contribution is 0.645. The first kappa shape index (κ1) is 9.13. The number of hydrazine groups is 1. The van der Waals surface area contributed by atoms with Gasteiger partial charge < -0.3 is 16.2 Å². The summed E-state index contributed by atoms with van der Waals surface area (Å²) in [6, 6.07) is 0. The minimum Gasteiger partial charge on any atom is -0.314 e. The van der Waals surface area contributed by atoms with Gasteiger partial charge in [-0.05, 0) is 24.6 Å². The van der Waals surface area contributed by atoms with Crippen LogP contribution in [0.3, 0.4) is 0 Å². The van der Waals surface area contributed by atoms with E-state index in [1.807, 2.05) is 13.2 Å². The molecule has 0 spiro atoms. The predicted molar refractivity (Wildman–Crippen MR) is 51.2 cm³/mol. The molecule has 0 atom stereocenters. The van der Waals surface area contributed by atoms with Crippen LogP contribution in [-0.2, 0) is 0 Å². The van der Waals surface area contributed by atoms with Gasteiger partial charge in [0.15, 0.2) is 0 Å². The van der Waals surface area contributed by atoms with Crippen molar-refractivity contribution in [2.75, 3.05) is 13.6 Å². The molecule has 0 saturated heterocycles. The van der Waals surface area contributed by atoms with E-state index in [9.17, 15) is 0 Å². The van der Waals surface area contributed by atoms with Crippen molar-refractivity contribution in [3.8, 4) is 0 Å². The molecule has 0 aromatic heterocycles. The Morgan fingerprint density at radius 3 is 2.83 bits per heavy atom. The Morgan fingerprint density at radius 1 is 1.50 bits per heavy atom. The lowest BCUT2D eigenvalue weighted by Crippen LogP contribution is -2.34. The third kappa shape index (κ3) is 2.27. The second-order valence-electron chi connectivity index (χ2n) is 3.27. The first-order valence-corrected chi connectivity index (χ1v) is 4.31. The van der Waals surface area contributed by atoms with Crippen molar-refractivity contribution in [1.29, 1.82) is 0 Å². The van der Waals surface area contributed by atoms with Crippen LogP contribution in [0, 0.1) is 5.92 Å². The molecule has 1 heterocycles. The molecule has 12 heavy (non-hydrogen) atoms. The number of likely N-dealkylation sites (N-methyl/N-ethyl adjacent to an activating group) is 1. The van der Waals surface area contributed by atoms with Gasteiger partial charge in [-0.1, -0.05) is 13.8 Å². The summed E-state index contributed by atoms with van der Waals surface area (Å²) in [4.78, 5) is 0. The normalized spacial score (nSPS) is 16.3.